The Morgan fingerprint density at radius 1 is 1.44 bits per heavy atom. The second-order valence-electron chi connectivity index (χ2n) is 4.66. The number of thiophene rings is 1. The van der Waals surface area contributed by atoms with E-state index in [4.69, 9.17) is 5.11 Å². The number of aliphatic carboxylic acids is 1. The number of carboxylic acid groups (broad SMARTS) is 1. The van der Waals surface area contributed by atoms with Crippen LogP contribution in [0.2, 0.25) is 0 Å². The maximum atomic E-state index is 11.6. The summed E-state index contributed by atoms with van der Waals surface area (Å²) in [6, 6.07) is 3.65. The van der Waals surface area contributed by atoms with E-state index in [1.165, 1.54) is 4.88 Å². The van der Waals surface area contributed by atoms with Crippen LogP contribution in [0.25, 0.3) is 0 Å². The van der Waals surface area contributed by atoms with E-state index < -0.39 is 11.5 Å². The Hall–Kier alpha value is -1.56. The fourth-order valence-electron chi connectivity index (χ4n) is 1.53. The van der Waals surface area contributed by atoms with E-state index in [2.05, 4.69) is 10.6 Å². The number of nitrogens with one attached hydrogen (secondary N) is 2. The van der Waals surface area contributed by atoms with Gasteiger partial charge < -0.3 is 15.7 Å². The highest BCUT2D eigenvalue weighted by Crippen LogP contribution is 2.09. The Bertz CT molecular complexity index is 401. The van der Waals surface area contributed by atoms with Crippen LogP contribution in [-0.2, 0) is 11.2 Å². The molecule has 1 aromatic rings. The van der Waals surface area contributed by atoms with Crippen molar-refractivity contribution in [3.63, 3.8) is 0 Å². The molecular weight excluding hydrogens is 252 g/mol. The molecule has 0 bridgehead atoms. The van der Waals surface area contributed by atoms with Crippen LogP contribution in [0.15, 0.2) is 17.5 Å². The predicted octanol–water partition coefficient (Wildman–Crippen LogP) is 1.84. The van der Waals surface area contributed by atoms with Crippen LogP contribution in [0.3, 0.4) is 0 Å². The highest BCUT2D eigenvalue weighted by atomic mass is 32.1. The Balaban J connectivity index is 2.26. The van der Waals surface area contributed by atoms with Crippen LogP contribution in [-0.4, -0.2) is 29.2 Å². The lowest BCUT2D eigenvalue weighted by molar-refractivity contribution is -0.138. The van der Waals surface area contributed by atoms with Gasteiger partial charge in [0.05, 0.1) is 6.42 Å². The van der Waals surface area contributed by atoms with E-state index in [9.17, 15) is 9.59 Å². The summed E-state index contributed by atoms with van der Waals surface area (Å²) in [4.78, 5) is 23.4. The molecule has 0 aliphatic rings. The number of urea groups is 1. The van der Waals surface area contributed by atoms with Crippen molar-refractivity contribution in [1.29, 1.82) is 0 Å². The number of carboxylic acids is 1. The van der Waals surface area contributed by atoms with Gasteiger partial charge in [0.25, 0.3) is 0 Å². The zero-order valence-corrected chi connectivity index (χ0v) is 11.3. The highest BCUT2D eigenvalue weighted by molar-refractivity contribution is 7.09. The first kappa shape index (κ1) is 14.5. The fourth-order valence-corrected chi connectivity index (χ4v) is 2.24. The van der Waals surface area contributed by atoms with Gasteiger partial charge in [-0.15, -0.1) is 11.3 Å². The average molecular weight is 270 g/mol. The Morgan fingerprint density at radius 3 is 2.72 bits per heavy atom. The molecule has 0 saturated carbocycles. The van der Waals surface area contributed by atoms with Crippen LogP contribution in [0.1, 0.15) is 25.1 Å². The number of rotatable bonds is 6. The molecule has 0 atom stereocenters. The number of amides is 2. The zero-order valence-electron chi connectivity index (χ0n) is 10.5. The summed E-state index contributed by atoms with van der Waals surface area (Å²) in [7, 11) is 0. The van der Waals surface area contributed by atoms with E-state index in [1.807, 2.05) is 17.5 Å². The first-order valence-electron chi connectivity index (χ1n) is 5.69. The number of hydrogen-bond donors (Lipinski definition) is 3. The van der Waals surface area contributed by atoms with Gasteiger partial charge >= 0.3 is 12.0 Å². The van der Waals surface area contributed by atoms with E-state index in [0.29, 0.717) is 6.54 Å². The second kappa shape index (κ2) is 6.39. The van der Waals surface area contributed by atoms with Gasteiger partial charge in [-0.05, 0) is 31.7 Å². The van der Waals surface area contributed by atoms with E-state index in [1.54, 1.807) is 25.2 Å². The summed E-state index contributed by atoms with van der Waals surface area (Å²) < 4.78 is 0. The standard InChI is InChI=1S/C12H18N2O3S/c1-12(2,8-10(15)16)14-11(17)13-6-5-9-4-3-7-18-9/h3-4,7H,5-6,8H2,1-2H3,(H,15,16)(H2,13,14,17). The van der Waals surface area contributed by atoms with E-state index in [0.717, 1.165) is 6.42 Å². The number of carbonyl (C=O) groups is 2. The molecule has 1 aromatic heterocycles. The lowest BCUT2D eigenvalue weighted by Gasteiger charge is -2.24. The maximum Gasteiger partial charge on any atom is 0.315 e. The maximum absolute atomic E-state index is 11.6. The summed E-state index contributed by atoms with van der Waals surface area (Å²) in [5.74, 6) is -0.932. The zero-order chi connectivity index (χ0) is 13.6. The first-order chi connectivity index (χ1) is 8.39. The average Bonchev–Trinajstić information content (AvgIpc) is 2.66. The van der Waals surface area contributed by atoms with Crippen LogP contribution in [0.5, 0.6) is 0 Å². The smallest absolute Gasteiger partial charge is 0.315 e. The SMILES string of the molecule is CC(C)(CC(=O)O)NC(=O)NCCc1cccs1. The molecule has 6 heteroatoms. The van der Waals surface area contributed by atoms with Crippen molar-refractivity contribution in [2.24, 2.45) is 0 Å². The Kier molecular flexibility index (Phi) is 5.15. The Morgan fingerprint density at radius 2 is 2.17 bits per heavy atom. The first-order valence-corrected chi connectivity index (χ1v) is 6.57. The van der Waals surface area contributed by atoms with Crippen molar-refractivity contribution in [1.82, 2.24) is 10.6 Å². The molecular formula is C12H18N2O3S. The van der Waals surface area contributed by atoms with Crippen molar-refractivity contribution in [3.05, 3.63) is 22.4 Å². The second-order valence-corrected chi connectivity index (χ2v) is 5.70. The van der Waals surface area contributed by atoms with Crippen molar-refractivity contribution in [2.45, 2.75) is 32.2 Å². The molecule has 0 spiro atoms. The lowest BCUT2D eigenvalue weighted by Crippen LogP contribution is -2.49. The topological polar surface area (TPSA) is 78.4 Å². The number of carbonyl (C=O) groups excluding carboxylic acids is 1. The molecule has 0 unspecified atom stereocenters. The van der Waals surface area contributed by atoms with Crippen molar-refractivity contribution in [3.8, 4) is 0 Å². The minimum atomic E-state index is -0.932. The molecule has 0 aromatic carbocycles. The van der Waals surface area contributed by atoms with Gasteiger partial charge in [-0.1, -0.05) is 6.07 Å². The summed E-state index contributed by atoms with van der Waals surface area (Å²) in [6.45, 7) is 3.90. The third kappa shape index (κ3) is 5.67. The third-order valence-electron chi connectivity index (χ3n) is 2.28. The molecule has 0 aliphatic heterocycles. The molecule has 0 saturated heterocycles. The molecule has 1 heterocycles. The van der Waals surface area contributed by atoms with Crippen LogP contribution < -0.4 is 10.6 Å². The lowest BCUT2D eigenvalue weighted by atomic mass is 10.0. The van der Waals surface area contributed by atoms with Gasteiger partial charge in [-0.3, -0.25) is 4.79 Å². The van der Waals surface area contributed by atoms with Crippen LogP contribution >= 0.6 is 11.3 Å². The highest BCUT2D eigenvalue weighted by Gasteiger charge is 2.23. The summed E-state index contributed by atoms with van der Waals surface area (Å²) >= 11 is 1.65. The molecule has 0 aliphatic carbocycles. The molecule has 5 nitrogen and oxygen atoms in total. The summed E-state index contributed by atoms with van der Waals surface area (Å²) in [5, 5.41) is 16.0. The van der Waals surface area contributed by atoms with Crippen molar-refractivity contribution in [2.75, 3.05) is 6.54 Å². The van der Waals surface area contributed by atoms with E-state index in [-0.39, 0.29) is 12.5 Å². The Labute approximate surface area is 110 Å². The van der Waals surface area contributed by atoms with Crippen molar-refractivity contribution < 1.29 is 14.7 Å². The molecule has 100 valence electrons. The summed E-state index contributed by atoms with van der Waals surface area (Å²) in [5.41, 5.74) is -0.751. The predicted molar refractivity (Wildman–Crippen MR) is 70.9 cm³/mol. The molecule has 0 fully saturated rings. The molecule has 2 amide bonds. The largest absolute Gasteiger partial charge is 0.481 e. The van der Waals surface area contributed by atoms with Crippen LogP contribution in [0, 0.1) is 0 Å². The van der Waals surface area contributed by atoms with Gasteiger partial charge in [0, 0.05) is 17.0 Å². The van der Waals surface area contributed by atoms with Gasteiger partial charge in [-0.2, -0.15) is 0 Å². The summed E-state index contributed by atoms with van der Waals surface area (Å²) in [6.07, 6.45) is 0.676. The molecule has 1 rings (SSSR count). The minimum Gasteiger partial charge on any atom is -0.481 e. The van der Waals surface area contributed by atoms with Gasteiger partial charge in [-0.25, -0.2) is 4.79 Å². The quantitative estimate of drug-likeness (QED) is 0.738. The van der Waals surface area contributed by atoms with Crippen molar-refractivity contribution >= 4 is 23.3 Å². The van der Waals surface area contributed by atoms with Gasteiger partial charge in [0.15, 0.2) is 0 Å². The fraction of sp³-hybridized carbons (Fsp3) is 0.500. The molecule has 3 N–H and O–H groups in total. The van der Waals surface area contributed by atoms with Gasteiger partial charge in [0.2, 0.25) is 0 Å². The van der Waals surface area contributed by atoms with Crippen LogP contribution in [0.4, 0.5) is 4.79 Å². The minimum absolute atomic E-state index is 0.106. The molecule has 18 heavy (non-hydrogen) atoms. The monoisotopic (exact) mass is 270 g/mol. The molecule has 0 radical (unpaired) electrons. The number of hydrogen-bond acceptors (Lipinski definition) is 3. The third-order valence-corrected chi connectivity index (χ3v) is 3.22. The van der Waals surface area contributed by atoms with Gasteiger partial charge in [0.1, 0.15) is 0 Å². The normalized spacial score (nSPS) is 11.0. The van der Waals surface area contributed by atoms with E-state index >= 15 is 0 Å².